The van der Waals surface area contributed by atoms with Crippen molar-refractivity contribution < 1.29 is 5.11 Å². The van der Waals surface area contributed by atoms with Crippen molar-refractivity contribution >= 4 is 5.57 Å². The number of rotatable bonds is 3. The summed E-state index contributed by atoms with van der Waals surface area (Å²) in [5, 5.41) is 8.82. The van der Waals surface area contributed by atoms with Crippen molar-refractivity contribution in [3.05, 3.63) is 54.1 Å². The number of allylic oxidation sites excluding steroid dienone is 2. The van der Waals surface area contributed by atoms with Crippen LogP contribution >= 0.6 is 0 Å². The van der Waals surface area contributed by atoms with Crippen molar-refractivity contribution in [2.45, 2.75) is 6.92 Å². The number of aliphatic hydroxyl groups excluding tert-OH is 1. The summed E-state index contributed by atoms with van der Waals surface area (Å²) in [5.74, 6) is 0. The van der Waals surface area contributed by atoms with Crippen LogP contribution in [0.25, 0.3) is 5.57 Å². The Morgan fingerprint density at radius 3 is 2.54 bits per heavy atom. The first-order valence-electron chi connectivity index (χ1n) is 4.26. The summed E-state index contributed by atoms with van der Waals surface area (Å²) in [7, 11) is 0. The molecule has 0 atom stereocenters. The van der Waals surface area contributed by atoms with E-state index in [0.29, 0.717) is 0 Å². The molecule has 1 aromatic carbocycles. The van der Waals surface area contributed by atoms with E-state index >= 15 is 0 Å². The van der Waals surface area contributed by atoms with Crippen molar-refractivity contribution in [3.63, 3.8) is 0 Å². The second-order valence-corrected chi connectivity index (χ2v) is 3.04. The fourth-order valence-corrected chi connectivity index (χ4v) is 1.08. The lowest BCUT2D eigenvalue weighted by Gasteiger charge is -2.01. The van der Waals surface area contributed by atoms with Gasteiger partial charge in [0.2, 0.25) is 0 Å². The van der Waals surface area contributed by atoms with Crippen LogP contribution in [0.5, 0.6) is 0 Å². The van der Waals surface area contributed by atoms with Crippen LogP contribution in [0.2, 0.25) is 0 Å². The Morgan fingerprint density at radius 1 is 1.38 bits per heavy atom. The van der Waals surface area contributed by atoms with Gasteiger partial charge in [0.15, 0.2) is 0 Å². The molecule has 1 rings (SSSR count). The van der Waals surface area contributed by atoms with Gasteiger partial charge in [0.05, 0.1) is 6.61 Å². The van der Waals surface area contributed by atoms with Crippen molar-refractivity contribution in [1.29, 1.82) is 0 Å². The Labute approximate surface area is 79.0 Å². The topological polar surface area (TPSA) is 20.2 Å². The van der Waals surface area contributed by atoms with Crippen LogP contribution in [0.3, 0.4) is 0 Å². The first-order chi connectivity index (χ1) is 6.24. The maximum Gasteiger partial charge on any atom is 0.0642 e. The maximum atomic E-state index is 8.82. The molecule has 0 saturated carbocycles. The van der Waals surface area contributed by atoms with E-state index in [0.717, 1.165) is 16.7 Å². The van der Waals surface area contributed by atoms with Gasteiger partial charge in [0, 0.05) is 0 Å². The number of benzene rings is 1. The summed E-state index contributed by atoms with van der Waals surface area (Å²) in [6, 6.07) is 9.93. The fraction of sp³-hybridized carbons (Fsp3) is 0.167. The van der Waals surface area contributed by atoms with E-state index in [9.17, 15) is 0 Å². The van der Waals surface area contributed by atoms with Gasteiger partial charge in [-0.25, -0.2) is 0 Å². The molecule has 0 aliphatic heterocycles. The van der Waals surface area contributed by atoms with Crippen LogP contribution in [0, 0.1) is 0 Å². The normalized spacial score (nSPS) is 11.4. The van der Waals surface area contributed by atoms with E-state index in [1.807, 2.05) is 43.3 Å². The Balaban J connectivity index is 2.81. The summed E-state index contributed by atoms with van der Waals surface area (Å²) in [6.07, 6.45) is 1.90. The highest BCUT2D eigenvalue weighted by Crippen LogP contribution is 2.14. The Hall–Kier alpha value is -1.34. The first-order valence-corrected chi connectivity index (χ1v) is 4.26. The molecule has 0 saturated heterocycles. The predicted molar refractivity (Wildman–Crippen MR) is 56.3 cm³/mol. The van der Waals surface area contributed by atoms with E-state index in [1.54, 1.807) is 0 Å². The molecule has 13 heavy (non-hydrogen) atoms. The largest absolute Gasteiger partial charge is 0.392 e. The molecule has 0 heterocycles. The molecule has 0 aliphatic rings. The van der Waals surface area contributed by atoms with Crippen LogP contribution in [0.4, 0.5) is 0 Å². The molecule has 1 nitrogen and oxygen atoms in total. The van der Waals surface area contributed by atoms with Gasteiger partial charge in [0.25, 0.3) is 0 Å². The average molecular weight is 174 g/mol. The maximum absolute atomic E-state index is 8.82. The minimum atomic E-state index is 0.0891. The van der Waals surface area contributed by atoms with Crippen molar-refractivity contribution in [1.82, 2.24) is 0 Å². The molecule has 0 bridgehead atoms. The highest BCUT2D eigenvalue weighted by atomic mass is 16.3. The van der Waals surface area contributed by atoms with E-state index in [4.69, 9.17) is 5.11 Å². The van der Waals surface area contributed by atoms with Crippen LogP contribution in [0.15, 0.2) is 48.6 Å². The minimum Gasteiger partial charge on any atom is -0.392 e. The molecule has 68 valence electrons. The highest BCUT2D eigenvalue weighted by molar-refractivity contribution is 5.72. The van der Waals surface area contributed by atoms with Gasteiger partial charge in [-0.2, -0.15) is 0 Å². The lowest BCUT2D eigenvalue weighted by Crippen LogP contribution is -1.85. The number of hydrogen-bond acceptors (Lipinski definition) is 1. The molecule has 0 spiro atoms. The molecule has 1 N–H and O–H groups in total. The van der Waals surface area contributed by atoms with Crippen LogP contribution < -0.4 is 0 Å². The van der Waals surface area contributed by atoms with E-state index in [1.165, 1.54) is 0 Å². The summed E-state index contributed by atoms with van der Waals surface area (Å²) in [6.45, 7) is 5.90. The second-order valence-electron chi connectivity index (χ2n) is 3.04. The Morgan fingerprint density at radius 2 is 2.00 bits per heavy atom. The monoisotopic (exact) mass is 174 g/mol. The summed E-state index contributed by atoms with van der Waals surface area (Å²) in [4.78, 5) is 0. The quantitative estimate of drug-likeness (QED) is 0.698. The van der Waals surface area contributed by atoms with E-state index in [2.05, 4.69) is 6.58 Å². The fourth-order valence-electron chi connectivity index (χ4n) is 1.08. The van der Waals surface area contributed by atoms with Gasteiger partial charge in [-0.1, -0.05) is 43.0 Å². The second kappa shape index (κ2) is 4.63. The lowest BCUT2D eigenvalue weighted by atomic mass is 10.1. The molecular formula is C12H14O. The molecule has 0 radical (unpaired) electrons. The van der Waals surface area contributed by atoms with Crippen LogP contribution in [-0.2, 0) is 0 Å². The third kappa shape index (κ3) is 2.88. The predicted octanol–water partition coefficient (Wildman–Crippen LogP) is 2.64. The zero-order valence-electron chi connectivity index (χ0n) is 7.83. The van der Waals surface area contributed by atoms with E-state index < -0.39 is 0 Å². The molecule has 0 amide bonds. The first kappa shape index (κ1) is 9.75. The highest BCUT2D eigenvalue weighted by Gasteiger charge is 1.94. The van der Waals surface area contributed by atoms with Crippen LogP contribution in [-0.4, -0.2) is 11.7 Å². The smallest absolute Gasteiger partial charge is 0.0642 e. The lowest BCUT2D eigenvalue weighted by molar-refractivity contribution is 0.331. The molecule has 0 aliphatic carbocycles. The number of aliphatic hydroxyl groups is 1. The standard InChI is InChI=1S/C12H14O/c1-10(9-13)8-11(2)12-6-4-3-5-7-12/h3-8,13H,2,9H2,1H3. The molecule has 1 aromatic rings. The summed E-state index contributed by atoms with van der Waals surface area (Å²) >= 11 is 0. The van der Waals surface area contributed by atoms with Crippen molar-refractivity contribution in [3.8, 4) is 0 Å². The van der Waals surface area contributed by atoms with Gasteiger partial charge >= 0.3 is 0 Å². The molecule has 0 fully saturated rings. The van der Waals surface area contributed by atoms with E-state index in [-0.39, 0.29) is 6.61 Å². The van der Waals surface area contributed by atoms with Crippen molar-refractivity contribution in [2.75, 3.05) is 6.61 Å². The van der Waals surface area contributed by atoms with Gasteiger partial charge < -0.3 is 5.11 Å². The third-order valence-corrected chi connectivity index (χ3v) is 1.81. The van der Waals surface area contributed by atoms with Gasteiger partial charge in [-0.15, -0.1) is 0 Å². The SMILES string of the molecule is C=C(C=C(C)CO)c1ccccc1. The average Bonchev–Trinajstić information content (AvgIpc) is 2.19. The minimum absolute atomic E-state index is 0.0891. The van der Waals surface area contributed by atoms with Gasteiger partial charge in [-0.05, 0) is 23.6 Å². The molecule has 0 unspecified atom stereocenters. The molecule has 0 aromatic heterocycles. The summed E-state index contributed by atoms with van der Waals surface area (Å²) < 4.78 is 0. The Bertz CT molecular complexity index is 309. The van der Waals surface area contributed by atoms with Crippen molar-refractivity contribution in [2.24, 2.45) is 0 Å². The molecular weight excluding hydrogens is 160 g/mol. The zero-order chi connectivity index (χ0) is 9.68. The van der Waals surface area contributed by atoms with Gasteiger partial charge in [-0.3, -0.25) is 0 Å². The molecule has 1 heteroatoms. The number of hydrogen-bond donors (Lipinski definition) is 1. The van der Waals surface area contributed by atoms with Crippen LogP contribution in [0.1, 0.15) is 12.5 Å². The Kier molecular flexibility index (Phi) is 3.47. The zero-order valence-corrected chi connectivity index (χ0v) is 7.83. The van der Waals surface area contributed by atoms with Gasteiger partial charge in [0.1, 0.15) is 0 Å². The summed E-state index contributed by atoms with van der Waals surface area (Å²) in [5.41, 5.74) is 2.95. The third-order valence-electron chi connectivity index (χ3n) is 1.81.